The van der Waals surface area contributed by atoms with E-state index in [-0.39, 0.29) is 0 Å². The molecule has 0 bridgehead atoms. The molecule has 1 N–H and O–H groups in total. The average Bonchev–Trinajstić information content (AvgIpc) is 3.16. The monoisotopic (exact) mass is 344 g/mol. The number of anilines is 1. The molecule has 0 saturated heterocycles. The Kier molecular flexibility index (Phi) is 4.95. The molecule has 2 heterocycles. The van der Waals surface area contributed by atoms with Crippen molar-refractivity contribution in [2.24, 2.45) is 0 Å². The Hall–Kier alpha value is -1.81. The van der Waals surface area contributed by atoms with Crippen LogP contribution in [0.25, 0.3) is 17.0 Å². The van der Waals surface area contributed by atoms with Crippen molar-refractivity contribution in [3.8, 4) is 11.3 Å². The molecule has 3 rings (SSSR count). The Balaban J connectivity index is 2.16. The lowest BCUT2D eigenvalue weighted by molar-refractivity contribution is 0.745. The first kappa shape index (κ1) is 17.0. The molecule has 0 aromatic carbocycles. The minimum atomic E-state index is 0.504. The van der Waals surface area contributed by atoms with Crippen LogP contribution in [0, 0.1) is 6.92 Å². The number of aryl methyl sites for hydroxylation is 1. The van der Waals surface area contributed by atoms with Crippen LogP contribution in [-0.2, 0) is 0 Å². The van der Waals surface area contributed by atoms with Gasteiger partial charge < -0.3 is 5.32 Å². The average molecular weight is 345 g/mol. The fourth-order valence-corrected chi connectivity index (χ4v) is 3.53. The summed E-state index contributed by atoms with van der Waals surface area (Å²) >= 11 is 6.40. The number of halogens is 1. The number of rotatable bonds is 4. The highest BCUT2D eigenvalue weighted by molar-refractivity contribution is 6.33. The number of imidazole rings is 1. The van der Waals surface area contributed by atoms with Crippen LogP contribution >= 0.6 is 11.6 Å². The molecule has 4 nitrogen and oxygen atoms in total. The van der Waals surface area contributed by atoms with Crippen molar-refractivity contribution in [1.29, 1.82) is 0 Å². The first-order chi connectivity index (χ1) is 11.5. The summed E-state index contributed by atoms with van der Waals surface area (Å²) in [6.07, 6.45) is 8.44. The SMILES string of the molecule is CC(C)=C(C)n1c(C)nc(-c2ccncc2Cl)c1NC1CCCC1. The molecular weight excluding hydrogens is 320 g/mol. The Morgan fingerprint density at radius 2 is 1.96 bits per heavy atom. The van der Waals surface area contributed by atoms with Gasteiger partial charge in [-0.2, -0.15) is 0 Å². The molecule has 24 heavy (non-hydrogen) atoms. The first-order valence-electron chi connectivity index (χ1n) is 8.59. The summed E-state index contributed by atoms with van der Waals surface area (Å²) in [6.45, 7) is 8.45. The largest absolute Gasteiger partial charge is 0.367 e. The van der Waals surface area contributed by atoms with Gasteiger partial charge in [-0.15, -0.1) is 0 Å². The molecule has 1 aliphatic carbocycles. The predicted molar refractivity (Wildman–Crippen MR) is 101 cm³/mol. The summed E-state index contributed by atoms with van der Waals surface area (Å²) < 4.78 is 2.22. The molecule has 5 heteroatoms. The summed E-state index contributed by atoms with van der Waals surface area (Å²) in [6, 6.07) is 2.44. The van der Waals surface area contributed by atoms with Crippen molar-refractivity contribution >= 4 is 23.1 Å². The van der Waals surface area contributed by atoms with Gasteiger partial charge in [0.15, 0.2) is 0 Å². The van der Waals surface area contributed by atoms with Gasteiger partial charge in [0, 0.05) is 29.7 Å². The van der Waals surface area contributed by atoms with Gasteiger partial charge in [0.1, 0.15) is 17.3 Å². The molecule has 0 spiro atoms. The highest BCUT2D eigenvalue weighted by Crippen LogP contribution is 2.36. The van der Waals surface area contributed by atoms with Gasteiger partial charge in [-0.05, 0) is 46.6 Å². The number of nitrogens with one attached hydrogen (secondary N) is 1. The van der Waals surface area contributed by atoms with Crippen LogP contribution in [0.15, 0.2) is 24.0 Å². The lowest BCUT2D eigenvalue weighted by Gasteiger charge is -2.19. The molecule has 1 saturated carbocycles. The van der Waals surface area contributed by atoms with Crippen LogP contribution in [0.2, 0.25) is 5.02 Å². The maximum absolute atomic E-state index is 6.40. The van der Waals surface area contributed by atoms with Gasteiger partial charge in [0.05, 0.1) is 5.02 Å². The number of aromatic nitrogens is 3. The van der Waals surface area contributed by atoms with Gasteiger partial charge in [-0.25, -0.2) is 4.98 Å². The standard InChI is InChI=1S/C19H25ClN4/c1-12(2)13(3)24-14(4)22-18(16-9-10-21-11-17(16)20)19(24)23-15-7-5-6-8-15/h9-11,15,23H,5-8H2,1-4H3. The molecule has 128 valence electrons. The maximum Gasteiger partial charge on any atom is 0.139 e. The highest BCUT2D eigenvalue weighted by atomic mass is 35.5. The van der Waals surface area contributed by atoms with Crippen LogP contribution in [0.4, 0.5) is 5.82 Å². The van der Waals surface area contributed by atoms with E-state index in [0.717, 1.165) is 22.9 Å². The summed E-state index contributed by atoms with van der Waals surface area (Å²) in [4.78, 5) is 8.94. The van der Waals surface area contributed by atoms with Crippen molar-refractivity contribution in [2.75, 3.05) is 5.32 Å². The molecule has 0 unspecified atom stereocenters. The molecule has 2 aromatic rings. The van der Waals surface area contributed by atoms with Crippen LogP contribution in [0.5, 0.6) is 0 Å². The van der Waals surface area contributed by atoms with Crippen LogP contribution in [0.1, 0.15) is 52.3 Å². The number of hydrogen-bond donors (Lipinski definition) is 1. The minimum Gasteiger partial charge on any atom is -0.367 e. The van der Waals surface area contributed by atoms with Crippen molar-refractivity contribution in [3.63, 3.8) is 0 Å². The molecular formula is C19H25ClN4. The second-order valence-corrected chi connectivity index (χ2v) is 7.17. The summed E-state index contributed by atoms with van der Waals surface area (Å²) in [5.74, 6) is 2.02. The van der Waals surface area contributed by atoms with Gasteiger partial charge in [0.2, 0.25) is 0 Å². The van der Waals surface area contributed by atoms with Crippen molar-refractivity contribution in [1.82, 2.24) is 14.5 Å². The van der Waals surface area contributed by atoms with Crippen LogP contribution < -0.4 is 5.32 Å². The Morgan fingerprint density at radius 3 is 2.58 bits per heavy atom. The third-order valence-corrected chi connectivity index (χ3v) is 5.13. The minimum absolute atomic E-state index is 0.504. The lowest BCUT2D eigenvalue weighted by atomic mass is 10.1. The van der Waals surface area contributed by atoms with E-state index in [0.29, 0.717) is 11.1 Å². The molecule has 0 atom stereocenters. The fraction of sp³-hybridized carbons (Fsp3) is 0.474. The van der Waals surface area contributed by atoms with Crippen LogP contribution in [-0.4, -0.2) is 20.6 Å². The number of hydrogen-bond acceptors (Lipinski definition) is 3. The number of pyridine rings is 1. The second kappa shape index (κ2) is 6.98. The van der Waals surface area contributed by atoms with Crippen LogP contribution in [0.3, 0.4) is 0 Å². The molecule has 2 aromatic heterocycles. The smallest absolute Gasteiger partial charge is 0.139 e. The summed E-state index contributed by atoms with van der Waals surface area (Å²) in [7, 11) is 0. The molecule has 0 amide bonds. The topological polar surface area (TPSA) is 42.7 Å². The molecule has 0 radical (unpaired) electrons. The van der Waals surface area contributed by atoms with Crippen molar-refractivity contribution in [2.45, 2.75) is 59.4 Å². The van der Waals surface area contributed by atoms with E-state index >= 15 is 0 Å². The summed E-state index contributed by atoms with van der Waals surface area (Å²) in [5, 5.41) is 4.38. The zero-order chi connectivity index (χ0) is 17.3. The normalized spacial score (nSPS) is 14.9. The highest BCUT2D eigenvalue weighted by Gasteiger charge is 2.23. The predicted octanol–water partition coefficient (Wildman–Crippen LogP) is 5.53. The third-order valence-electron chi connectivity index (χ3n) is 4.83. The van der Waals surface area contributed by atoms with E-state index in [1.165, 1.54) is 37.0 Å². The van der Waals surface area contributed by atoms with E-state index in [1.807, 2.05) is 13.0 Å². The molecule has 0 aliphatic heterocycles. The van der Waals surface area contributed by atoms with E-state index in [1.54, 1.807) is 12.4 Å². The van der Waals surface area contributed by atoms with Gasteiger partial charge >= 0.3 is 0 Å². The second-order valence-electron chi connectivity index (χ2n) is 6.76. The molecule has 1 fully saturated rings. The Morgan fingerprint density at radius 1 is 1.25 bits per heavy atom. The summed E-state index contributed by atoms with van der Waals surface area (Å²) in [5.41, 5.74) is 4.32. The van der Waals surface area contributed by atoms with Gasteiger partial charge in [-0.1, -0.05) is 30.0 Å². The van der Waals surface area contributed by atoms with E-state index in [4.69, 9.17) is 16.6 Å². The Labute approximate surface area is 149 Å². The fourth-order valence-electron chi connectivity index (χ4n) is 3.32. The van der Waals surface area contributed by atoms with E-state index < -0.39 is 0 Å². The van der Waals surface area contributed by atoms with Gasteiger partial charge in [0.25, 0.3) is 0 Å². The number of allylic oxidation sites excluding steroid dienone is 2. The third kappa shape index (κ3) is 3.20. The van der Waals surface area contributed by atoms with Gasteiger partial charge in [-0.3, -0.25) is 9.55 Å². The van der Waals surface area contributed by atoms with Crippen molar-refractivity contribution in [3.05, 3.63) is 34.9 Å². The van der Waals surface area contributed by atoms with E-state index in [9.17, 15) is 0 Å². The van der Waals surface area contributed by atoms with E-state index in [2.05, 4.69) is 35.6 Å². The van der Waals surface area contributed by atoms with Crippen molar-refractivity contribution < 1.29 is 0 Å². The first-order valence-corrected chi connectivity index (χ1v) is 8.97. The number of nitrogens with zero attached hydrogens (tertiary/aromatic N) is 3. The quantitative estimate of drug-likeness (QED) is 0.792. The molecule has 1 aliphatic rings. The zero-order valence-corrected chi connectivity index (χ0v) is 15.6. The maximum atomic E-state index is 6.40. The zero-order valence-electron chi connectivity index (χ0n) is 14.9. The Bertz CT molecular complexity index is 766. The lowest BCUT2D eigenvalue weighted by Crippen LogP contribution is -2.18.